The summed E-state index contributed by atoms with van der Waals surface area (Å²) in [5, 5.41) is 12.3. The number of allylic oxidation sites excluding steroid dienone is 1. The SMILES string of the molecule is Cn1c(=O)n(C2CCC(=O)NC2=O)c2ccc(CCCOCCOc3cccc(N4C[C@H]5C[C@@H]4CN5/C=C/C(=O)c4ccccc4O)n3)cc21. The van der Waals surface area contributed by atoms with E-state index in [-0.39, 0.29) is 41.6 Å². The zero-order valence-corrected chi connectivity index (χ0v) is 27.9. The smallest absolute Gasteiger partial charge is 0.329 e. The molecule has 2 bridgehead atoms. The third kappa shape index (κ3) is 6.73. The van der Waals surface area contributed by atoms with Crippen molar-refractivity contribution in [2.24, 2.45) is 7.05 Å². The fraction of sp³-hybridized carbons (Fsp3) is 0.378. The molecule has 3 aliphatic rings. The van der Waals surface area contributed by atoms with Gasteiger partial charge in [-0.15, -0.1) is 0 Å². The first-order valence-corrected chi connectivity index (χ1v) is 17.0. The molecule has 2 amide bonds. The Morgan fingerprint density at radius 3 is 2.66 bits per heavy atom. The van der Waals surface area contributed by atoms with Crippen LogP contribution in [-0.2, 0) is 27.8 Å². The van der Waals surface area contributed by atoms with E-state index < -0.39 is 11.9 Å². The highest BCUT2D eigenvalue weighted by Crippen LogP contribution is 2.34. The molecule has 2 N–H and O–H groups in total. The summed E-state index contributed by atoms with van der Waals surface area (Å²) in [5.41, 5.74) is 2.50. The average molecular weight is 681 g/mol. The molecular weight excluding hydrogens is 640 g/mol. The van der Waals surface area contributed by atoms with Gasteiger partial charge in [0.1, 0.15) is 24.2 Å². The zero-order chi connectivity index (χ0) is 34.8. The molecule has 3 fully saturated rings. The van der Waals surface area contributed by atoms with E-state index in [4.69, 9.17) is 14.5 Å². The lowest BCUT2D eigenvalue weighted by atomic mass is 10.1. The van der Waals surface area contributed by atoms with Gasteiger partial charge in [0, 0.05) is 63.6 Å². The number of amides is 2. The van der Waals surface area contributed by atoms with Gasteiger partial charge in [0.05, 0.1) is 23.2 Å². The molecule has 2 aromatic heterocycles. The molecule has 0 saturated carbocycles. The van der Waals surface area contributed by atoms with Crippen molar-refractivity contribution in [3.8, 4) is 11.6 Å². The van der Waals surface area contributed by atoms with Gasteiger partial charge in [-0.1, -0.05) is 24.3 Å². The second-order valence-corrected chi connectivity index (χ2v) is 13.0. The number of nitrogens with one attached hydrogen (secondary N) is 1. The van der Waals surface area contributed by atoms with Gasteiger partial charge in [-0.2, -0.15) is 4.98 Å². The molecule has 3 atom stereocenters. The number of para-hydroxylation sites is 1. The number of ether oxygens (including phenoxy) is 2. The van der Waals surface area contributed by atoms with Crippen LogP contribution in [0.5, 0.6) is 11.6 Å². The largest absolute Gasteiger partial charge is 0.507 e. The molecule has 3 aliphatic heterocycles. The van der Waals surface area contributed by atoms with Gasteiger partial charge in [0.15, 0.2) is 5.78 Å². The predicted molar refractivity (Wildman–Crippen MR) is 185 cm³/mol. The molecule has 3 saturated heterocycles. The number of rotatable bonds is 13. The number of aryl methyl sites for hydroxylation is 2. The van der Waals surface area contributed by atoms with Crippen LogP contribution in [0.25, 0.3) is 11.0 Å². The van der Waals surface area contributed by atoms with E-state index in [0.717, 1.165) is 49.2 Å². The summed E-state index contributed by atoms with van der Waals surface area (Å²) in [6.45, 7) is 2.92. The van der Waals surface area contributed by atoms with Crippen molar-refractivity contribution in [3.63, 3.8) is 0 Å². The van der Waals surface area contributed by atoms with Crippen molar-refractivity contribution in [1.29, 1.82) is 0 Å². The minimum atomic E-state index is -0.699. The molecule has 7 rings (SSSR count). The molecule has 0 spiro atoms. The number of hydrogen-bond donors (Lipinski definition) is 2. The number of aromatic hydroxyl groups is 1. The predicted octanol–water partition coefficient (Wildman–Crippen LogP) is 3.11. The van der Waals surface area contributed by atoms with E-state index in [1.165, 1.54) is 16.7 Å². The number of fused-ring (bicyclic) bond motifs is 3. The Morgan fingerprint density at radius 1 is 1.00 bits per heavy atom. The summed E-state index contributed by atoms with van der Waals surface area (Å²) in [4.78, 5) is 58.8. The number of benzene rings is 2. The Kier molecular flexibility index (Phi) is 9.40. The molecule has 13 nitrogen and oxygen atoms in total. The van der Waals surface area contributed by atoms with Crippen molar-refractivity contribution >= 4 is 34.4 Å². The van der Waals surface area contributed by atoms with Gasteiger partial charge in [-0.3, -0.25) is 28.8 Å². The number of phenols is 1. The van der Waals surface area contributed by atoms with Crippen LogP contribution in [0.3, 0.4) is 0 Å². The summed E-state index contributed by atoms with van der Waals surface area (Å²) < 4.78 is 14.8. The van der Waals surface area contributed by atoms with E-state index in [1.54, 1.807) is 29.8 Å². The maximum Gasteiger partial charge on any atom is 0.329 e. The van der Waals surface area contributed by atoms with Gasteiger partial charge in [-0.25, -0.2) is 4.79 Å². The number of imide groups is 1. The Bertz CT molecular complexity index is 2020. The number of pyridine rings is 1. The number of piperazine rings is 1. The molecule has 0 aliphatic carbocycles. The van der Waals surface area contributed by atoms with E-state index in [2.05, 4.69) is 15.1 Å². The van der Waals surface area contributed by atoms with Gasteiger partial charge < -0.3 is 24.4 Å². The second-order valence-electron chi connectivity index (χ2n) is 13.0. The Labute approximate surface area is 288 Å². The van der Waals surface area contributed by atoms with E-state index in [0.29, 0.717) is 43.2 Å². The van der Waals surface area contributed by atoms with E-state index in [9.17, 15) is 24.3 Å². The van der Waals surface area contributed by atoms with Gasteiger partial charge in [0.2, 0.25) is 17.7 Å². The van der Waals surface area contributed by atoms with Crippen LogP contribution in [0, 0.1) is 0 Å². The van der Waals surface area contributed by atoms with Gasteiger partial charge in [-0.05, 0) is 61.6 Å². The third-order valence-electron chi connectivity index (χ3n) is 9.78. The van der Waals surface area contributed by atoms with Crippen LogP contribution in [0.15, 0.2) is 77.7 Å². The normalized spacial score (nSPS) is 20.3. The number of carbonyl (C=O) groups excluding carboxylic acids is 3. The Balaban J connectivity index is 0.844. The summed E-state index contributed by atoms with van der Waals surface area (Å²) in [7, 11) is 1.69. The Hall–Kier alpha value is -5.43. The van der Waals surface area contributed by atoms with Crippen molar-refractivity contribution in [3.05, 3.63) is 94.6 Å². The summed E-state index contributed by atoms with van der Waals surface area (Å²) in [6.07, 6.45) is 6.41. The molecule has 4 aromatic rings. The molecule has 5 heterocycles. The maximum absolute atomic E-state index is 13.0. The van der Waals surface area contributed by atoms with Crippen LogP contribution < -0.4 is 20.6 Å². The summed E-state index contributed by atoms with van der Waals surface area (Å²) in [6, 6.07) is 18.0. The number of carbonyl (C=O) groups is 3. The first-order valence-electron chi connectivity index (χ1n) is 17.0. The topological polar surface area (TPSA) is 148 Å². The number of hydrogen-bond acceptors (Lipinski definition) is 10. The highest BCUT2D eigenvalue weighted by molar-refractivity contribution is 6.06. The highest BCUT2D eigenvalue weighted by Gasteiger charge is 2.42. The number of aromatic nitrogens is 3. The Morgan fingerprint density at radius 2 is 1.86 bits per heavy atom. The quantitative estimate of drug-likeness (QED) is 0.0935. The van der Waals surface area contributed by atoms with Crippen LogP contribution in [0.2, 0.25) is 0 Å². The number of anilines is 1. The number of phenolic OH excluding ortho intramolecular Hbond substituents is 1. The molecular formula is C37H40N6O7. The molecule has 1 unspecified atom stereocenters. The summed E-state index contributed by atoms with van der Waals surface area (Å²) in [5.74, 6) is 0.426. The lowest BCUT2D eigenvalue weighted by Crippen LogP contribution is -2.44. The number of nitrogens with zero attached hydrogens (tertiary/aromatic N) is 5. The monoisotopic (exact) mass is 680 g/mol. The first kappa shape index (κ1) is 33.1. The second kappa shape index (κ2) is 14.2. The maximum atomic E-state index is 13.0. The molecule has 50 heavy (non-hydrogen) atoms. The lowest BCUT2D eigenvalue weighted by Gasteiger charge is -2.34. The molecule has 0 radical (unpaired) electrons. The number of ketones is 1. The zero-order valence-electron chi connectivity index (χ0n) is 27.9. The number of imidazole rings is 1. The number of likely N-dealkylation sites (tertiary alicyclic amines) is 1. The van der Waals surface area contributed by atoms with E-state index in [1.807, 2.05) is 42.6 Å². The van der Waals surface area contributed by atoms with Crippen LogP contribution >= 0.6 is 0 Å². The minimum Gasteiger partial charge on any atom is -0.507 e. The van der Waals surface area contributed by atoms with Crippen LogP contribution in [0.1, 0.15) is 47.6 Å². The standard InChI is InChI=1S/C37H40N6O7/c1-40-30-20-24(11-12-28(30)43(37(40)48)29-13-14-34(46)39-36(29)47)6-5-17-49-18-19-50-35-10-4-9-33(38-35)42-23-25-21-26(42)22-41(25)16-15-32(45)27-7-2-3-8-31(27)44/h2-4,7-12,15-16,20,25-26,29,44H,5-6,13-14,17-19,21-23H2,1H3,(H,39,46,47)/b16-15+/t25-,26-,29?/m1/s1. The minimum absolute atomic E-state index is 0.0144. The lowest BCUT2D eigenvalue weighted by molar-refractivity contribution is -0.135. The molecule has 13 heteroatoms. The van der Waals surface area contributed by atoms with Crippen molar-refractivity contribution < 1.29 is 29.0 Å². The fourth-order valence-corrected chi connectivity index (χ4v) is 7.22. The van der Waals surface area contributed by atoms with E-state index >= 15 is 0 Å². The van der Waals surface area contributed by atoms with Crippen molar-refractivity contribution in [2.45, 2.75) is 50.2 Å². The highest BCUT2D eigenvalue weighted by atomic mass is 16.5. The summed E-state index contributed by atoms with van der Waals surface area (Å²) >= 11 is 0. The fourth-order valence-electron chi connectivity index (χ4n) is 7.22. The first-order chi connectivity index (χ1) is 24.3. The van der Waals surface area contributed by atoms with Crippen LogP contribution in [-0.4, -0.2) is 86.7 Å². The van der Waals surface area contributed by atoms with Crippen molar-refractivity contribution in [1.82, 2.24) is 24.3 Å². The average Bonchev–Trinajstić information content (AvgIpc) is 3.79. The van der Waals surface area contributed by atoms with Gasteiger partial charge >= 0.3 is 5.69 Å². The molecule has 2 aromatic carbocycles. The molecule has 260 valence electrons. The van der Waals surface area contributed by atoms with Crippen LogP contribution in [0.4, 0.5) is 5.82 Å². The number of piperidine rings is 1. The third-order valence-corrected chi connectivity index (χ3v) is 9.78. The van der Waals surface area contributed by atoms with Crippen molar-refractivity contribution in [2.75, 3.05) is 37.8 Å². The van der Waals surface area contributed by atoms with Gasteiger partial charge in [0.25, 0.3) is 0 Å².